The van der Waals surface area contributed by atoms with E-state index in [1.54, 1.807) is 0 Å². The molecule has 470 valence electrons. The molecule has 10 heteroatoms. The monoisotopic (exact) mass is 1150 g/mol. The third kappa shape index (κ3) is 14.8. The quantitative estimate of drug-likeness (QED) is 0.0387. The average molecular weight is 1150 g/mol. The number of ketones is 2. The van der Waals surface area contributed by atoms with Crippen molar-refractivity contribution in [2.75, 3.05) is 0 Å². The Hall–Kier alpha value is -1.88. The maximum Gasteiger partial charge on any atom is 0.306 e. The van der Waals surface area contributed by atoms with Gasteiger partial charge >= 0.3 is 11.9 Å². The van der Waals surface area contributed by atoms with Gasteiger partial charge in [0.2, 0.25) is 0 Å². The summed E-state index contributed by atoms with van der Waals surface area (Å²) in [6.45, 7) is 18.5. The molecule has 4 N–H and O–H groups in total. The molecule has 8 fully saturated rings. The number of fused-ring (bicyclic) bond motifs is 10. The zero-order chi connectivity index (χ0) is 59.0. The van der Waals surface area contributed by atoms with Crippen LogP contribution in [-0.2, 0) is 28.7 Å². The molecule has 0 amide bonds. The van der Waals surface area contributed by atoms with E-state index < -0.39 is 24.4 Å². The fraction of sp³-hybridized carbons (Fsp3) is 0.944. The van der Waals surface area contributed by atoms with Gasteiger partial charge in [-0.2, -0.15) is 0 Å². The van der Waals surface area contributed by atoms with Crippen molar-refractivity contribution in [3.05, 3.63) is 0 Å². The molecule has 82 heavy (non-hydrogen) atoms. The van der Waals surface area contributed by atoms with Gasteiger partial charge in [0.05, 0.1) is 24.4 Å². The van der Waals surface area contributed by atoms with Crippen LogP contribution in [0, 0.1) is 92.7 Å². The number of aliphatic hydroxyl groups excluding tert-OH is 4. The van der Waals surface area contributed by atoms with Crippen LogP contribution in [-0.4, -0.2) is 80.6 Å². The molecule has 9 unspecified atom stereocenters. The van der Waals surface area contributed by atoms with Gasteiger partial charge in [-0.15, -0.1) is 0 Å². The van der Waals surface area contributed by atoms with Crippen LogP contribution in [0.25, 0.3) is 0 Å². The highest BCUT2D eigenvalue weighted by Crippen LogP contribution is 2.70. The molecule has 8 aliphatic rings. The first-order chi connectivity index (χ1) is 39.2. The van der Waals surface area contributed by atoms with E-state index in [1.165, 1.54) is 64.2 Å². The summed E-state index contributed by atoms with van der Waals surface area (Å²) in [7, 11) is 0. The molecule has 0 saturated heterocycles. The first-order valence-corrected chi connectivity index (χ1v) is 35.3. The molecule has 22 atom stereocenters. The first-order valence-electron chi connectivity index (χ1n) is 35.3. The fourth-order valence-corrected chi connectivity index (χ4v) is 21.1. The molecule has 0 heterocycles. The van der Waals surface area contributed by atoms with E-state index >= 15 is 0 Å². The Morgan fingerprint density at radius 2 is 0.878 bits per heavy atom. The highest BCUT2D eigenvalue weighted by atomic mass is 16.5. The van der Waals surface area contributed by atoms with Crippen LogP contribution in [0.4, 0.5) is 0 Å². The lowest BCUT2D eigenvalue weighted by Gasteiger charge is -2.63. The minimum absolute atomic E-state index is 0.00882. The maximum absolute atomic E-state index is 13.4. The number of hydrogen-bond acceptors (Lipinski definition) is 10. The number of ether oxygens (including phenoxy) is 2. The van der Waals surface area contributed by atoms with E-state index in [1.807, 2.05) is 0 Å². The number of aliphatic hydroxyl groups is 4. The van der Waals surface area contributed by atoms with Crippen molar-refractivity contribution in [3.8, 4) is 0 Å². The lowest BCUT2D eigenvalue weighted by Crippen LogP contribution is -2.62. The Balaban J connectivity index is 0.720. The van der Waals surface area contributed by atoms with E-state index in [-0.39, 0.29) is 111 Å². The van der Waals surface area contributed by atoms with Crippen LogP contribution < -0.4 is 0 Å². The molecular formula is C72H122O10. The molecule has 0 spiro atoms. The van der Waals surface area contributed by atoms with E-state index in [9.17, 15) is 39.6 Å². The van der Waals surface area contributed by atoms with E-state index in [0.717, 1.165) is 135 Å². The third-order valence-corrected chi connectivity index (χ3v) is 26.4. The van der Waals surface area contributed by atoms with E-state index in [0.29, 0.717) is 62.7 Å². The summed E-state index contributed by atoms with van der Waals surface area (Å²) in [5.41, 5.74) is -0.514. The Labute approximate surface area is 499 Å². The number of carbonyl (C=O) groups is 4. The molecule has 0 radical (unpaired) electrons. The Morgan fingerprint density at radius 1 is 0.451 bits per heavy atom. The van der Waals surface area contributed by atoms with Gasteiger partial charge in [-0.1, -0.05) is 132 Å². The SMILES string of the molecule is CCCCCCCCCC(=O)O[C@@H]1CCC2(C)C3CC(O)C4(C)[C@@H](C(C)CCC(=O)CCCCC(=O)CC[C@H](C)[C@H]5C[C@@H]6[C@H]7C(CC(O)C6(C)C5)C5(C)CC[C@H](OC(=O)CCCCCCCCC)C[C@H]5C[C@H]7O)CC[C@H]4[C@H]3[C@@H](O)C[C@H]2C1. The summed E-state index contributed by atoms with van der Waals surface area (Å²) in [4.78, 5) is 52.5. The predicted molar refractivity (Wildman–Crippen MR) is 326 cm³/mol. The molecule has 0 bridgehead atoms. The normalized spacial score (nSPS) is 41.0. The minimum Gasteiger partial charge on any atom is -0.462 e. The van der Waals surface area contributed by atoms with E-state index in [2.05, 4.69) is 55.4 Å². The topological polar surface area (TPSA) is 168 Å². The number of Topliss-reactive ketones (excluding diaryl/α,β-unsaturated/α-hetero) is 2. The van der Waals surface area contributed by atoms with Crippen LogP contribution in [0.2, 0.25) is 0 Å². The molecular weight excluding hydrogens is 1020 g/mol. The Bertz CT molecular complexity index is 2060. The van der Waals surface area contributed by atoms with Crippen LogP contribution in [0.1, 0.15) is 299 Å². The summed E-state index contributed by atoms with van der Waals surface area (Å²) >= 11 is 0. The van der Waals surface area contributed by atoms with Gasteiger partial charge in [0, 0.05) is 38.5 Å². The summed E-state index contributed by atoms with van der Waals surface area (Å²) in [5.74, 6) is 3.63. The van der Waals surface area contributed by atoms with Crippen LogP contribution in [0.3, 0.4) is 0 Å². The standard InChI is InChI=1S/C72H122O10/c1-9-11-13-15-17-19-21-27-65(79)81-54-35-37-69(5)51(41-54)43-62(76)68-58-39-49(46-71(58,7)63(77)44-59(68)69)47(3)29-31-52(73)25-23-24-26-53(74)32-30-48(4)56-33-34-57-67-60(45-64(78)72(56,57)8)70(6)38-36-55(40-50(70)42-61(67)75)82-66(80)28-22-20-18-16-14-12-10-2/h47-51,54-64,67-68,75-78H,9-46H2,1-8H3/t47-,48?,49-,50+,51-,54-,55+,56+,57-,58+,59?,60?,61-,62+,63?,64?,67+,68-,69?,70?,71?,72?/m0/s1. The second-order valence-corrected chi connectivity index (χ2v) is 31.2. The van der Waals surface area contributed by atoms with Gasteiger partial charge in [0.15, 0.2) is 0 Å². The smallest absolute Gasteiger partial charge is 0.306 e. The fourth-order valence-electron chi connectivity index (χ4n) is 21.1. The lowest BCUT2D eigenvalue weighted by atomic mass is 9.43. The Morgan fingerprint density at radius 3 is 1.38 bits per heavy atom. The maximum atomic E-state index is 13.4. The molecule has 8 aliphatic carbocycles. The summed E-state index contributed by atoms with van der Waals surface area (Å²) < 4.78 is 12.2. The van der Waals surface area contributed by atoms with Crippen molar-refractivity contribution >= 4 is 23.5 Å². The van der Waals surface area contributed by atoms with Crippen molar-refractivity contribution in [3.63, 3.8) is 0 Å². The van der Waals surface area contributed by atoms with Gasteiger partial charge in [0.25, 0.3) is 0 Å². The lowest BCUT2D eigenvalue weighted by molar-refractivity contribution is -0.209. The van der Waals surface area contributed by atoms with Crippen molar-refractivity contribution in [2.45, 2.75) is 336 Å². The predicted octanol–water partition coefficient (Wildman–Crippen LogP) is 15.8. The number of esters is 2. The van der Waals surface area contributed by atoms with Gasteiger partial charge in [-0.05, 0) is 221 Å². The van der Waals surface area contributed by atoms with Crippen molar-refractivity contribution in [1.29, 1.82) is 0 Å². The summed E-state index contributed by atoms with van der Waals surface area (Å²) in [5, 5.41) is 48.3. The zero-order valence-electron chi connectivity index (χ0n) is 53.5. The zero-order valence-corrected chi connectivity index (χ0v) is 53.5. The molecule has 0 aromatic carbocycles. The van der Waals surface area contributed by atoms with Crippen LogP contribution in [0.5, 0.6) is 0 Å². The number of unbranched alkanes of at least 4 members (excludes halogenated alkanes) is 13. The third-order valence-electron chi connectivity index (χ3n) is 26.4. The van der Waals surface area contributed by atoms with Gasteiger partial charge in [-0.3, -0.25) is 19.2 Å². The van der Waals surface area contributed by atoms with E-state index in [4.69, 9.17) is 9.47 Å². The average Bonchev–Trinajstić information content (AvgIpc) is 1.47. The van der Waals surface area contributed by atoms with Crippen molar-refractivity contribution in [1.82, 2.24) is 0 Å². The highest BCUT2D eigenvalue weighted by molar-refractivity contribution is 5.79. The molecule has 8 saturated carbocycles. The van der Waals surface area contributed by atoms with Gasteiger partial charge in [0.1, 0.15) is 23.8 Å². The molecule has 8 rings (SSSR count). The summed E-state index contributed by atoms with van der Waals surface area (Å²) in [6.07, 6.45) is 33.0. The van der Waals surface area contributed by atoms with Crippen LogP contribution in [0.15, 0.2) is 0 Å². The Kier molecular flexibility index (Phi) is 23.7. The van der Waals surface area contributed by atoms with Crippen LogP contribution >= 0.6 is 0 Å². The molecule has 0 aliphatic heterocycles. The second kappa shape index (κ2) is 29.4. The first kappa shape index (κ1) is 66.1. The number of carbonyl (C=O) groups excluding carboxylic acids is 4. The molecule has 0 aromatic heterocycles. The van der Waals surface area contributed by atoms with Crippen molar-refractivity contribution < 1.29 is 49.1 Å². The number of hydrogen-bond donors (Lipinski definition) is 4. The van der Waals surface area contributed by atoms with Gasteiger partial charge < -0.3 is 29.9 Å². The summed E-state index contributed by atoms with van der Waals surface area (Å²) in [6, 6.07) is 0. The van der Waals surface area contributed by atoms with Crippen molar-refractivity contribution in [2.24, 2.45) is 92.7 Å². The molecule has 10 nitrogen and oxygen atoms in total. The number of rotatable bonds is 31. The highest BCUT2D eigenvalue weighted by Gasteiger charge is 2.67. The molecule has 0 aromatic rings. The largest absolute Gasteiger partial charge is 0.462 e. The van der Waals surface area contributed by atoms with Gasteiger partial charge in [-0.25, -0.2) is 0 Å². The minimum atomic E-state index is -0.448. The second-order valence-electron chi connectivity index (χ2n) is 31.2.